The lowest BCUT2D eigenvalue weighted by atomic mass is 10.1. The van der Waals surface area contributed by atoms with E-state index in [1.165, 1.54) is 18.2 Å². The van der Waals surface area contributed by atoms with Crippen LogP contribution in [0.5, 0.6) is 5.75 Å². The molecule has 2 rings (SSSR count). The number of anilines is 1. The van der Waals surface area contributed by atoms with E-state index in [0.717, 1.165) is 0 Å². The van der Waals surface area contributed by atoms with E-state index in [9.17, 15) is 23.1 Å². The summed E-state index contributed by atoms with van der Waals surface area (Å²) in [7, 11) is 0. The Hall–Kier alpha value is -2.15. The molecule has 23 heavy (non-hydrogen) atoms. The summed E-state index contributed by atoms with van der Waals surface area (Å²) >= 11 is 0.631. The van der Waals surface area contributed by atoms with Crippen LogP contribution in [0.25, 0.3) is 0 Å². The van der Waals surface area contributed by atoms with Crippen LogP contribution in [0.1, 0.15) is 5.56 Å². The van der Waals surface area contributed by atoms with E-state index < -0.39 is 11.9 Å². The van der Waals surface area contributed by atoms with E-state index >= 15 is 0 Å². The summed E-state index contributed by atoms with van der Waals surface area (Å²) in [6.07, 6.45) is -4.20. The Morgan fingerprint density at radius 3 is 2.39 bits per heavy atom. The number of benzene rings is 2. The number of rotatable bonds is 5. The van der Waals surface area contributed by atoms with Crippen LogP contribution in [0.15, 0.2) is 53.4 Å². The minimum Gasteiger partial charge on any atom is -0.508 e. The molecular formula is C16H14F3NO2S. The third-order valence-electron chi connectivity index (χ3n) is 2.85. The fourth-order valence-electron chi connectivity index (χ4n) is 1.85. The molecule has 0 saturated carbocycles. The molecule has 0 atom stereocenters. The molecule has 0 fully saturated rings. The molecule has 0 heterocycles. The fraction of sp³-hybridized carbons (Fsp3) is 0.188. The van der Waals surface area contributed by atoms with E-state index in [1.807, 2.05) is 0 Å². The van der Waals surface area contributed by atoms with E-state index in [2.05, 4.69) is 5.32 Å². The van der Waals surface area contributed by atoms with Crippen molar-refractivity contribution in [2.24, 2.45) is 0 Å². The van der Waals surface area contributed by atoms with Gasteiger partial charge in [0.15, 0.2) is 0 Å². The lowest BCUT2D eigenvalue weighted by Crippen LogP contribution is -2.15. The molecule has 0 saturated heterocycles. The highest BCUT2D eigenvalue weighted by Crippen LogP contribution is 2.32. The Labute approximate surface area is 135 Å². The topological polar surface area (TPSA) is 49.3 Å². The van der Waals surface area contributed by atoms with Gasteiger partial charge in [0.25, 0.3) is 0 Å². The standard InChI is InChI=1S/C16H14F3NO2S/c17-16(18,19)10-23-14-4-2-1-3-13(14)20-15(22)9-11-5-7-12(21)8-6-11/h1-8,21H,9-10H2,(H,20,22). The predicted molar refractivity (Wildman–Crippen MR) is 83.7 cm³/mol. The van der Waals surface area contributed by atoms with Crippen LogP contribution in [0, 0.1) is 0 Å². The van der Waals surface area contributed by atoms with Crippen LogP contribution in [0.4, 0.5) is 18.9 Å². The number of hydrogen-bond acceptors (Lipinski definition) is 3. The number of phenolic OH excluding ortho intramolecular Hbond substituents is 1. The van der Waals surface area contributed by atoms with Crippen molar-refractivity contribution in [3.63, 3.8) is 0 Å². The molecule has 1 amide bonds. The largest absolute Gasteiger partial charge is 0.508 e. The molecule has 0 aliphatic carbocycles. The third-order valence-corrected chi connectivity index (χ3v) is 3.99. The van der Waals surface area contributed by atoms with Gasteiger partial charge in [0.2, 0.25) is 5.91 Å². The first-order chi connectivity index (χ1) is 10.8. The second kappa shape index (κ2) is 7.41. The van der Waals surface area contributed by atoms with Crippen LogP contribution < -0.4 is 5.32 Å². The number of phenols is 1. The first kappa shape index (κ1) is 17.2. The van der Waals surface area contributed by atoms with E-state index in [-0.39, 0.29) is 18.1 Å². The van der Waals surface area contributed by atoms with Crippen molar-refractivity contribution in [2.75, 3.05) is 11.1 Å². The molecule has 2 aromatic rings. The summed E-state index contributed by atoms with van der Waals surface area (Å²) in [5.74, 6) is -1.25. The summed E-state index contributed by atoms with van der Waals surface area (Å²) in [5.41, 5.74) is 1.05. The molecule has 0 aliphatic rings. The summed E-state index contributed by atoms with van der Waals surface area (Å²) in [6.45, 7) is 0. The number of amides is 1. The van der Waals surface area contributed by atoms with Crippen molar-refractivity contribution in [1.29, 1.82) is 0 Å². The average molecular weight is 341 g/mol. The minimum atomic E-state index is -4.27. The number of para-hydroxylation sites is 1. The quantitative estimate of drug-likeness (QED) is 0.800. The van der Waals surface area contributed by atoms with Crippen molar-refractivity contribution < 1.29 is 23.1 Å². The normalized spacial score (nSPS) is 11.3. The van der Waals surface area contributed by atoms with Gasteiger partial charge in [-0.1, -0.05) is 24.3 Å². The van der Waals surface area contributed by atoms with Gasteiger partial charge in [-0.3, -0.25) is 4.79 Å². The maximum Gasteiger partial charge on any atom is 0.398 e. The molecule has 0 unspecified atom stereocenters. The summed E-state index contributed by atoms with van der Waals surface area (Å²) in [4.78, 5) is 12.4. The molecule has 0 radical (unpaired) electrons. The second-order valence-corrected chi connectivity index (χ2v) is 5.81. The van der Waals surface area contributed by atoms with Gasteiger partial charge in [0, 0.05) is 4.90 Å². The van der Waals surface area contributed by atoms with Crippen molar-refractivity contribution in [3.8, 4) is 5.75 Å². The van der Waals surface area contributed by atoms with E-state index in [4.69, 9.17) is 0 Å². The Bertz CT molecular complexity index is 672. The van der Waals surface area contributed by atoms with Gasteiger partial charge in [-0.05, 0) is 29.8 Å². The first-order valence-electron chi connectivity index (χ1n) is 6.70. The number of alkyl halides is 3. The molecule has 2 N–H and O–H groups in total. The van der Waals surface area contributed by atoms with Gasteiger partial charge in [0.1, 0.15) is 5.75 Å². The van der Waals surface area contributed by atoms with Crippen molar-refractivity contribution in [2.45, 2.75) is 17.5 Å². The number of halogens is 3. The highest BCUT2D eigenvalue weighted by Gasteiger charge is 2.27. The molecule has 3 nitrogen and oxygen atoms in total. The number of carbonyl (C=O) groups is 1. The molecule has 7 heteroatoms. The molecule has 122 valence electrons. The first-order valence-corrected chi connectivity index (χ1v) is 7.68. The lowest BCUT2D eigenvalue weighted by Gasteiger charge is -2.12. The molecule has 0 aliphatic heterocycles. The number of aromatic hydroxyl groups is 1. The van der Waals surface area contributed by atoms with Crippen LogP contribution in [-0.2, 0) is 11.2 Å². The van der Waals surface area contributed by atoms with Crippen LogP contribution >= 0.6 is 11.8 Å². The molecule has 0 bridgehead atoms. The van der Waals surface area contributed by atoms with Gasteiger partial charge in [0.05, 0.1) is 17.9 Å². The fourth-order valence-corrected chi connectivity index (χ4v) is 2.62. The van der Waals surface area contributed by atoms with E-state index in [0.29, 0.717) is 27.9 Å². The summed E-state index contributed by atoms with van der Waals surface area (Å²) in [5, 5.41) is 11.8. The number of carbonyl (C=O) groups excluding carboxylic acids is 1. The van der Waals surface area contributed by atoms with E-state index in [1.54, 1.807) is 30.3 Å². The molecule has 2 aromatic carbocycles. The van der Waals surface area contributed by atoms with Crippen LogP contribution in [-0.4, -0.2) is 22.9 Å². The molecule has 0 aromatic heterocycles. The highest BCUT2D eigenvalue weighted by atomic mass is 32.2. The van der Waals surface area contributed by atoms with Crippen LogP contribution in [0.3, 0.4) is 0 Å². The van der Waals surface area contributed by atoms with Gasteiger partial charge in [-0.25, -0.2) is 0 Å². The van der Waals surface area contributed by atoms with Crippen molar-refractivity contribution in [1.82, 2.24) is 0 Å². The predicted octanol–water partition coefficient (Wildman–Crippen LogP) is 4.23. The Balaban J connectivity index is 2.01. The Kier molecular flexibility index (Phi) is 5.54. The number of thioether (sulfide) groups is 1. The average Bonchev–Trinajstić information content (AvgIpc) is 2.48. The Morgan fingerprint density at radius 1 is 1.09 bits per heavy atom. The maximum absolute atomic E-state index is 12.3. The summed E-state index contributed by atoms with van der Waals surface area (Å²) < 4.78 is 37.0. The zero-order valence-electron chi connectivity index (χ0n) is 11.9. The Morgan fingerprint density at radius 2 is 1.74 bits per heavy atom. The SMILES string of the molecule is O=C(Cc1ccc(O)cc1)Nc1ccccc1SCC(F)(F)F. The second-order valence-electron chi connectivity index (χ2n) is 4.79. The molecule has 0 spiro atoms. The van der Waals surface area contributed by atoms with Crippen molar-refractivity contribution in [3.05, 3.63) is 54.1 Å². The third kappa shape index (κ3) is 5.86. The van der Waals surface area contributed by atoms with Gasteiger partial charge < -0.3 is 10.4 Å². The van der Waals surface area contributed by atoms with Crippen LogP contribution in [0.2, 0.25) is 0 Å². The minimum absolute atomic E-state index is 0.0680. The number of nitrogens with one attached hydrogen (secondary N) is 1. The number of hydrogen-bond donors (Lipinski definition) is 2. The summed E-state index contributed by atoms with van der Waals surface area (Å²) in [6, 6.07) is 12.5. The maximum atomic E-state index is 12.3. The monoisotopic (exact) mass is 341 g/mol. The molecular weight excluding hydrogens is 327 g/mol. The van der Waals surface area contributed by atoms with Gasteiger partial charge in [-0.2, -0.15) is 13.2 Å². The highest BCUT2D eigenvalue weighted by molar-refractivity contribution is 7.99. The zero-order valence-corrected chi connectivity index (χ0v) is 12.7. The van der Waals surface area contributed by atoms with Gasteiger partial charge >= 0.3 is 6.18 Å². The van der Waals surface area contributed by atoms with Gasteiger partial charge in [-0.15, -0.1) is 11.8 Å². The smallest absolute Gasteiger partial charge is 0.398 e. The van der Waals surface area contributed by atoms with Crippen molar-refractivity contribution >= 4 is 23.4 Å². The lowest BCUT2D eigenvalue weighted by molar-refractivity contribution is -0.115. The zero-order chi connectivity index (χ0) is 16.9.